The summed E-state index contributed by atoms with van der Waals surface area (Å²) in [6.07, 6.45) is 0.0216. The number of nitrogens with two attached hydrogens (primary N) is 2. The number of phenols is 1. The van der Waals surface area contributed by atoms with Crippen molar-refractivity contribution in [3.63, 3.8) is 0 Å². The first-order chi connectivity index (χ1) is 26.8. The molecule has 57 heavy (non-hydrogen) atoms. The van der Waals surface area contributed by atoms with E-state index < -0.39 is 90.1 Å². The molecule has 19 nitrogen and oxygen atoms in total. The molecule has 0 spiro atoms. The fourth-order valence-electron chi connectivity index (χ4n) is 5.83. The summed E-state index contributed by atoms with van der Waals surface area (Å²) in [7, 11) is 0. The molecule has 2 aromatic carbocycles. The minimum absolute atomic E-state index is 0.0433. The molecular weight excluding hydrogens is 744 g/mol. The number of rotatable bonds is 22. The van der Waals surface area contributed by atoms with Crippen molar-refractivity contribution >= 4 is 58.3 Å². The summed E-state index contributed by atoms with van der Waals surface area (Å²) < 4.78 is 0. The standard InChI is InChI=1S/C38H50N8O11/c1-19(2)14-25(39)33(51)43-27(12-13-31(40)48)34(52)45-29(16-22-18-41-26-7-5-4-6-24(22)26)37(55)44-28(15-21-8-10-23(47)11-9-21)36(54)46-30(17-32(49)50)35(53)42-20(3)38(56)57/h4-11,18-20,25,27-30,41,47H,12-17,39H2,1-3H3,(H2,40,48)(H,42,53)(H,43,51)(H,44,55)(H,45,52)(H,46,54)(H,49,50)(H,56,57)/t20-,25-,27-,28-,29-,30-/m0/s1. The van der Waals surface area contributed by atoms with E-state index in [1.165, 1.54) is 24.3 Å². The van der Waals surface area contributed by atoms with Crippen molar-refractivity contribution in [2.24, 2.45) is 17.4 Å². The number of benzene rings is 2. The van der Waals surface area contributed by atoms with E-state index in [4.69, 9.17) is 11.5 Å². The zero-order chi connectivity index (χ0) is 42.4. The van der Waals surface area contributed by atoms with Gasteiger partial charge in [0, 0.05) is 36.4 Å². The minimum Gasteiger partial charge on any atom is -0.508 e. The van der Waals surface area contributed by atoms with Crippen LogP contribution in [0.2, 0.25) is 0 Å². The second kappa shape index (κ2) is 21.0. The van der Waals surface area contributed by atoms with Gasteiger partial charge in [0.15, 0.2) is 0 Å². The number of fused-ring (bicyclic) bond motifs is 1. The lowest BCUT2D eigenvalue weighted by Gasteiger charge is -2.27. The number of carboxylic acid groups (broad SMARTS) is 2. The van der Waals surface area contributed by atoms with Crippen LogP contribution in [0.5, 0.6) is 5.75 Å². The first-order valence-electron chi connectivity index (χ1n) is 18.2. The van der Waals surface area contributed by atoms with Gasteiger partial charge in [-0.25, -0.2) is 0 Å². The summed E-state index contributed by atoms with van der Waals surface area (Å²) in [5.41, 5.74) is 13.1. The number of hydrogen-bond acceptors (Lipinski definition) is 10. The number of para-hydroxylation sites is 1. The van der Waals surface area contributed by atoms with Crippen LogP contribution in [0.3, 0.4) is 0 Å². The Hall–Kier alpha value is -6.50. The maximum absolute atomic E-state index is 14.3. The molecular formula is C38H50N8O11. The predicted molar refractivity (Wildman–Crippen MR) is 205 cm³/mol. The molecule has 6 amide bonds. The number of nitrogens with one attached hydrogen (secondary N) is 6. The minimum atomic E-state index is -1.77. The van der Waals surface area contributed by atoms with Gasteiger partial charge in [-0.2, -0.15) is 0 Å². The number of phenolic OH excluding ortho intramolecular Hbond substituents is 1. The molecule has 3 aromatic rings. The van der Waals surface area contributed by atoms with E-state index in [9.17, 15) is 53.7 Å². The van der Waals surface area contributed by atoms with Crippen LogP contribution in [0.15, 0.2) is 54.7 Å². The van der Waals surface area contributed by atoms with E-state index in [-0.39, 0.29) is 37.4 Å². The van der Waals surface area contributed by atoms with Crippen molar-refractivity contribution in [2.75, 3.05) is 0 Å². The Morgan fingerprint density at radius 3 is 1.82 bits per heavy atom. The second-order valence-corrected chi connectivity index (χ2v) is 14.1. The molecule has 13 N–H and O–H groups in total. The first-order valence-corrected chi connectivity index (χ1v) is 18.2. The number of aromatic hydroxyl groups is 1. The Balaban J connectivity index is 2.00. The van der Waals surface area contributed by atoms with E-state index in [2.05, 4.69) is 31.6 Å². The Bertz CT molecular complexity index is 1930. The number of carboxylic acids is 2. The zero-order valence-electron chi connectivity index (χ0n) is 31.7. The molecule has 0 radical (unpaired) electrons. The highest BCUT2D eigenvalue weighted by Crippen LogP contribution is 2.20. The summed E-state index contributed by atoms with van der Waals surface area (Å²) in [5, 5.41) is 41.4. The normalized spacial score (nSPS) is 14.3. The molecule has 3 rings (SSSR count). The monoisotopic (exact) mass is 794 g/mol. The molecule has 0 unspecified atom stereocenters. The van der Waals surface area contributed by atoms with Crippen LogP contribution in [-0.4, -0.2) is 104 Å². The summed E-state index contributed by atoms with van der Waals surface area (Å²) in [5.74, 6) is -8.33. The molecule has 0 aliphatic rings. The largest absolute Gasteiger partial charge is 0.508 e. The zero-order valence-corrected chi connectivity index (χ0v) is 31.7. The fraction of sp³-hybridized carbons (Fsp3) is 0.421. The lowest BCUT2D eigenvalue weighted by Crippen LogP contribution is -2.60. The number of aromatic nitrogens is 1. The number of carbonyl (C=O) groups excluding carboxylic acids is 6. The SMILES string of the molecule is CC(C)C[C@H](N)C(=O)N[C@@H](CCC(N)=O)C(=O)N[C@@H](Cc1c[nH]c2ccccc12)C(=O)N[C@@H](Cc1ccc(O)cc1)C(=O)N[C@@H](CC(=O)O)C(=O)N[C@@H](C)C(=O)O. The molecule has 308 valence electrons. The van der Waals surface area contributed by atoms with E-state index in [1.807, 2.05) is 13.8 Å². The number of H-pyrrole nitrogens is 1. The van der Waals surface area contributed by atoms with Crippen LogP contribution in [-0.2, 0) is 51.2 Å². The topological polar surface area (TPSA) is 325 Å². The highest BCUT2D eigenvalue weighted by atomic mass is 16.4. The molecule has 1 aromatic heterocycles. The highest BCUT2D eigenvalue weighted by Gasteiger charge is 2.34. The second-order valence-electron chi connectivity index (χ2n) is 14.1. The Morgan fingerprint density at radius 1 is 0.702 bits per heavy atom. The lowest BCUT2D eigenvalue weighted by molar-refractivity contribution is -0.143. The van der Waals surface area contributed by atoms with E-state index in [0.29, 0.717) is 28.5 Å². The molecule has 0 aliphatic carbocycles. The van der Waals surface area contributed by atoms with Crippen LogP contribution in [0.25, 0.3) is 10.9 Å². The van der Waals surface area contributed by atoms with Crippen molar-refractivity contribution in [2.45, 2.75) is 95.5 Å². The van der Waals surface area contributed by atoms with Gasteiger partial charge in [0.05, 0.1) is 12.5 Å². The molecule has 1 heterocycles. The number of carbonyl (C=O) groups is 8. The molecule has 19 heteroatoms. The van der Waals surface area contributed by atoms with Crippen LogP contribution in [0, 0.1) is 5.92 Å². The molecule has 6 atom stereocenters. The molecule has 0 saturated carbocycles. The van der Waals surface area contributed by atoms with Crippen molar-refractivity contribution in [3.05, 3.63) is 65.9 Å². The lowest BCUT2D eigenvalue weighted by atomic mass is 10.0. The quantitative estimate of drug-likeness (QED) is 0.0602. The van der Waals surface area contributed by atoms with Crippen molar-refractivity contribution < 1.29 is 53.7 Å². The highest BCUT2D eigenvalue weighted by molar-refractivity contribution is 5.98. The number of amides is 6. The Kier molecular flexibility index (Phi) is 16.5. The summed E-state index contributed by atoms with van der Waals surface area (Å²) in [6.45, 7) is 4.85. The molecule has 0 aliphatic heterocycles. The third kappa shape index (κ3) is 14.3. The molecule has 0 fully saturated rings. The average molecular weight is 795 g/mol. The van der Waals surface area contributed by atoms with Gasteiger partial charge in [0.1, 0.15) is 36.0 Å². The van der Waals surface area contributed by atoms with Crippen LogP contribution >= 0.6 is 0 Å². The Morgan fingerprint density at radius 2 is 1.25 bits per heavy atom. The third-order valence-corrected chi connectivity index (χ3v) is 8.86. The first kappa shape index (κ1) is 44.9. The average Bonchev–Trinajstić information content (AvgIpc) is 3.54. The van der Waals surface area contributed by atoms with Gasteiger partial charge in [-0.1, -0.05) is 44.2 Å². The van der Waals surface area contributed by atoms with Crippen LogP contribution in [0.4, 0.5) is 0 Å². The van der Waals surface area contributed by atoms with Gasteiger partial charge in [0.2, 0.25) is 35.4 Å². The van der Waals surface area contributed by atoms with Gasteiger partial charge in [-0.3, -0.25) is 38.4 Å². The maximum Gasteiger partial charge on any atom is 0.325 e. The summed E-state index contributed by atoms with van der Waals surface area (Å²) >= 11 is 0. The van der Waals surface area contributed by atoms with Crippen molar-refractivity contribution in [3.8, 4) is 5.75 Å². The van der Waals surface area contributed by atoms with E-state index >= 15 is 0 Å². The number of aromatic amines is 1. The van der Waals surface area contributed by atoms with E-state index in [0.717, 1.165) is 6.92 Å². The molecule has 0 bridgehead atoms. The van der Waals surface area contributed by atoms with E-state index in [1.54, 1.807) is 30.5 Å². The summed E-state index contributed by atoms with van der Waals surface area (Å²) in [4.78, 5) is 106. The van der Waals surface area contributed by atoms with Gasteiger partial charge >= 0.3 is 11.9 Å². The predicted octanol–water partition coefficient (Wildman–Crippen LogP) is -0.699. The fourth-order valence-corrected chi connectivity index (χ4v) is 5.83. The number of primary amides is 1. The van der Waals surface area contributed by atoms with Gasteiger partial charge in [0.25, 0.3) is 0 Å². The summed E-state index contributed by atoms with van der Waals surface area (Å²) in [6, 6.07) is 4.16. The van der Waals surface area contributed by atoms with Gasteiger partial charge < -0.3 is 58.4 Å². The third-order valence-electron chi connectivity index (χ3n) is 8.86. The van der Waals surface area contributed by atoms with Crippen LogP contribution in [0.1, 0.15) is 57.6 Å². The van der Waals surface area contributed by atoms with Gasteiger partial charge in [-0.05, 0) is 55.0 Å². The maximum atomic E-state index is 14.3. The van der Waals surface area contributed by atoms with Crippen molar-refractivity contribution in [1.82, 2.24) is 31.6 Å². The smallest absolute Gasteiger partial charge is 0.325 e. The molecule has 0 saturated heterocycles. The van der Waals surface area contributed by atoms with Crippen LogP contribution < -0.4 is 38.1 Å². The van der Waals surface area contributed by atoms with Gasteiger partial charge in [-0.15, -0.1) is 0 Å². The number of hydrogen-bond donors (Lipinski definition) is 11. The Labute approximate surface area is 327 Å². The van der Waals surface area contributed by atoms with Crippen molar-refractivity contribution in [1.29, 1.82) is 0 Å². The number of aliphatic carboxylic acids is 2.